The first-order valence-electron chi connectivity index (χ1n) is 9.62. The maximum absolute atomic E-state index is 13.3. The number of methoxy groups -OCH3 is 2. The number of aliphatic imine (C=N–C) groups is 1. The van der Waals surface area contributed by atoms with E-state index in [2.05, 4.69) is 15.2 Å². The van der Waals surface area contributed by atoms with Crippen molar-refractivity contribution in [3.05, 3.63) is 59.4 Å². The van der Waals surface area contributed by atoms with E-state index in [1.807, 2.05) is 25.1 Å². The average molecular weight is 401 g/mol. The second kappa shape index (κ2) is 9.60. The molecule has 1 aliphatic heterocycles. The van der Waals surface area contributed by atoms with Crippen LogP contribution in [0.4, 0.5) is 4.39 Å². The van der Waals surface area contributed by atoms with E-state index in [-0.39, 0.29) is 18.0 Å². The lowest BCUT2D eigenvalue weighted by atomic mass is 10.1. The van der Waals surface area contributed by atoms with Crippen molar-refractivity contribution in [3.63, 3.8) is 0 Å². The molecule has 0 bridgehead atoms. The summed E-state index contributed by atoms with van der Waals surface area (Å²) in [6.45, 7) is 3.92. The number of halogens is 1. The van der Waals surface area contributed by atoms with Gasteiger partial charge in [-0.1, -0.05) is 24.3 Å². The van der Waals surface area contributed by atoms with Gasteiger partial charge in [-0.3, -0.25) is 4.99 Å². The van der Waals surface area contributed by atoms with Gasteiger partial charge in [0.05, 0.1) is 26.9 Å². The zero-order valence-electron chi connectivity index (χ0n) is 17.3. The molecule has 0 spiro atoms. The zero-order valence-corrected chi connectivity index (χ0v) is 17.3. The quantitative estimate of drug-likeness (QED) is 0.615. The molecule has 29 heavy (non-hydrogen) atoms. The molecule has 1 N–H and O–H groups in total. The van der Waals surface area contributed by atoms with Crippen molar-refractivity contribution in [2.24, 2.45) is 4.99 Å². The van der Waals surface area contributed by atoms with E-state index in [4.69, 9.17) is 14.2 Å². The van der Waals surface area contributed by atoms with E-state index >= 15 is 0 Å². The predicted octanol–water partition coefficient (Wildman–Crippen LogP) is 3.38. The SMILES string of the molecule is CN=C(NCc1cccc(OC)c1OC)N1CC(C)OC(c2ccc(F)cc2)C1. The monoisotopic (exact) mass is 401 g/mol. The van der Waals surface area contributed by atoms with Crippen LogP contribution in [0.2, 0.25) is 0 Å². The van der Waals surface area contributed by atoms with E-state index in [1.165, 1.54) is 12.1 Å². The third-order valence-electron chi connectivity index (χ3n) is 4.93. The van der Waals surface area contributed by atoms with Crippen molar-refractivity contribution >= 4 is 5.96 Å². The first-order valence-corrected chi connectivity index (χ1v) is 9.62. The van der Waals surface area contributed by atoms with Crippen molar-refractivity contribution in [3.8, 4) is 11.5 Å². The minimum atomic E-state index is -0.251. The van der Waals surface area contributed by atoms with Crippen LogP contribution in [0, 0.1) is 5.82 Å². The van der Waals surface area contributed by atoms with Gasteiger partial charge in [0, 0.05) is 25.7 Å². The summed E-state index contributed by atoms with van der Waals surface area (Å²) in [6.07, 6.45) is -0.132. The van der Waals surface area contributed by atoms with E-state index in [0.717, 1.165) is 17.1 Å². The van der Waals surface area contributed by atoms with Crippen molar-refractivity contribution in [1.82, 2.24) is 10.2 Å². The first kappa shape index (κ1) is 20.9. The van der Waals surface area contributed by atoms with Gasteiger partial charge >= 0.3 is 0 Å². The highest BCUT2D eigenvalue weighted by atomic mass is 19.1. The van der Waals surface area contributed by atoms with Crippen molar-refractivity contribution in [2.75, 3.05) is 34.4 Å². The minimum Gasteiger partial charge on any atom is -0.493 e. The molecule has 1 saturated heterocycles. The number of nitrogens with one attached hydrogen (secondary N) is 1. The van der Waals surface area contributed by atoms with Crippen molar-refractivity contribution < 1.29 is 18.6 Å². The van der Waals surface area contributed by atoms with Gasteiger partial charge in [0.25, 0.3) is 0 Å². The van der Waals surface area contributed by atoms with Crippen LogP contribution < -0.4 is 14.8 Å². The molecule has 0 aliphatic carbocycles. The minimum absolute atomic E-state index is 0.0173. The first-order chi connectivity index (χ1) is 14.0. The molecule has 6 nitrogen and oxygen atoms in total. The van der Waals surface area contributed by atoms with E-state index in [9.17, 15) is 4.39 Å². The largest absolute Gasteiger partial charge is 0.493 e. The van der Waals surface area contributed by atoms with Gasteiger partial charge in [0.2, 0.25) is 0 Å². The number of nitrogens with zero attached hydrogens (tertiary/aromatic N) is 2. The third-order valence-corrected chi connectivity index (χ3v) is 4.93. The summed E-state index contributed by atoms with van der Waals surface area (Å²) < 4.78 is 30.2. The Labute approximate surface area is 171 Å². The van der Waals surface area contributed by atoms with Gasteiger partial charge < -0.3 is 24.4 Å². The van der Waals surface area contributed by atoms with Crippen LogP contribution in [0.3, 0.4) is 0 Å². The van der Waals surface area contributed by atoms with Gasteiger partial charge in [-0.15, -0.1) is 0 Å². The van der Waals surface area contributed by atoms with Crippen LogP contribution in [-0.2, 0) is 11.3 Å². The fourth-order valence-electron chi connectivity index (χ4n) is 3.59. The fourth-order valence-corrected chi connectivity index (χ4v) is 3.59. The second-order valence-electron chi connectivity index (χ2n) is 6.95. The second-order valence-corrected chi connectivity index (χ2v) is 6.95. The van der Waals surface area contributed by atoms with E-state index < -0.39 is 0 Å². The summed E-state index contributed by atoms with van der Waals surface area (Å²) in [5, 5.41) is 3.41. The Bertz CT molecular complexity index is 842. The highest BCUT2D eigenvalue weighted by molar-refractivity contribution is 5.80. The fraction of sp³-hybridized carbons (Fsp3) is 0.409. The predicted molar refractivity (Wildman–Crippen MR) is 111 cm³/mol. The molecule has 2 aromatic rings. The highest BCUT2D eigenvalue weighted by Crippen LogP contribution is 2.31. The Balaban J connectivity index is 1.72. The number of guanidine groups is 1. The molecule has 2 aromatic carbocycles. The Morgan fingerprint density at radius 1 is 1.17 bits per heavy atom. The number of ether oxygens (including phenoxy) is 3. The maximum atomic E-state index is 13.3. The van der Waals surface area contributed by atoms with Crippen LogP contribution in [0.15, 0.2) is 47.5 Å². The molecule has 0 aromatic heterocycles. The van der Waals surface area contributed by atoms with Gasteiger partial charge in [0.15, 0.2) is 17.5 Å². The Morgan fingerprint density at radius 3 is 2.59 bits per heavy atom. The van der Waals surface area contributed by atoms with Gasteiger partial charge in [-0.25, -0.2) is 4.39 Å². The lowest BCUT2D eigenvalue weighted by Crippen LogP contribution is -2.50. The molecular weight excluding hydrogens is 373 g/mol. The standard InChI is InChI=1S/C22H28FN3O3/c1-15-13-26(14-20(29-15)16-8-10-18(23)11-9-16)22(24-2)25-12-17-6-5-7-19(27-3)21(17)28-4/h5-11,15,20H,12-14H2,1-4H3,(H,24,25). The molecule has 1 fully saturated rings. The highest BCUT2D eigenvalue weighted by Gasteiger charge is 2.28. The van der Waals surface area contributed by atoms with E-state index in [1.54, 1.807) is 33.4 Å². The van der Waals surface area contributed by atoms with Gasteiger partial charge in [0.1, 0.15) is 11.9 Å². The summed E-state index contributed by atoms with van der Waals surface area (Å²) in [6, 6.07) is 12.3. The van der Waals surface area contributed by atoms with Crippen LogP contribution >= 0.6 is 0 Å². The summed E-state index contributed by atoms with van der Waals surface area (Å²) in [4.78, 5) is 6.61. The number of hydrogen-bond donors (Lipinski definition) is 1. The molecule has 156 valence electrons. The van der Waals surface area contributed by atoms with Gasteiger partial charge in [-0.05, 0) is 30.7 Å². The molecule has 1 aliphatic rings. The molecule has 0 amide bonds. The van der Waals surface area contributed by atoms with Crippen LogP contribution in [-0.4, -0.2) is 51.3 Å². The number of morpholine rings is 1. The zero-order chi connectivity index (χ0) is 20.8. The van der Waals surface area contributed by atoms with E-state index in [0.29, 0.717) is 31.1 Å². The lowest BCUT2D eigenvalue weighted by Gasteiger charge is -2.38. The molecule has 1 heterocycles. The van der Waals surface area contributed by atoms with Crippen molar-refractivity contribution in [2.45, 2.75) is 25.7 Å². The molecule has 2 atom stereocenters. The van der Waals surface area contributed by atoms with Gasteiger partial charge in [-0.2, -0.15) is 0 Å². The lowest BCUT2D eigenvalue weighted by molar-refractivity contribution is -0.0605. The molecule has 0 radical (unpaired) electrons. The summed E-state index contributed by atoms with van der Waals surface area (Å²) in [5.41, 5.74) is 1.93. The molecule has 3 rings (SSSR count). The van der Waals surface area contributed by atoms with Crippen LogP contribution in [0.25, 0.3) is 0 Å². The Kier molecular flexibility index (Phi) is 6.93. The summed E-state index contributed by atoms with van der Waals surface area (Å²) in [7, 11) is 5.02. The Hall–Kier alpha value is -2.80. The number of benzene rings is 2. The number of hydrogen-bond acceptors (Lipinski definition) is 4. The molecule has 0 saturated carbocycles. The number of para-hydroxylation sites is 1. The average Bonchev–Trinajstić information content (AvgIpc) is 2.74. The normalized spacial score (nSPS) is 19.8. The van der Waals surface area contributed by atoms with Crippen LogP contribution in [0.1, 0.15) is 24.2 Å². The third kappa shape index (κ3) is 4.98. The molecule has 2 unspecified atom stereocenters. The maximum Gasteiger partial charge on any atom is 0.194 e. The summed E-state index contributed by atoms with van der Waals surface area (Å²) >= 11 is 0. The summed E-state index contributed by atoms with van der Waals surface area (Å²) in [5.74, 6) is 1.92. The number of rotatable bonds is 5. The van der Waals surface area contributed by atoms with Crippen molar-refractivity contribution in [1.29, 1.82) is 0 Å². The topological polar surface area (TPSA) is 55.3 Å². The van der Waals surface area contributed by atoms with Crippen LogP contribution in [0.5, 0.6) is 11.5 Å². The smallest absolute Gasteiger partial charge is 0.194 e. The molecule has 7 heteroatoms. The Morgan fingerprint density at radius 2 is 1.93 bits per heavy atom. The molecular formula is C22H28FN3O3.